The number of halogens is 1. The summed E-state index contributed by atoms with van der Waals surface area (Å²) in [5.41, 5.74) is 6.33. The molecule has 1 saturated carbocycles. The third-order valence-corrected chi connectivity index (χ3v) is 3.65. The van der Waals surface area contributed by atoms with E-state index in [1.807, 2.05) is 24.3 Å². The molecule has 0 saturated heterocycles. The highest BCUT2D eigenvalue weighted by atomic mass is 35.5. The van der Waals surface area contributed by atoms with Gasteiger partial charge in [-0.05, 0) is 43.9 Å². The Kier molecular flexibility index (Phi) is 3.93. The molecule has 3 nitrogen and oxygen atoms in total. The number of hydrogen-bond donors (Lipinski definition) is 1. The molecule has 1 aliphatic carbocycles. The highest BCUT2D eigenvalue weighted by Crippen LogP contribution is 2.39. The summed E-state index contributed by atoms with van der Waals surface area (Å²) in [6.45, 7) is 1.65. The minimum atomic E-state index is -0.562. The Morgan fingerprint density at radius 3 is 2.50 bits per heavy atom. The molecule has 0 spiro atoms. The van der Waals surface area contributed by atoms with Crippen LogP contribution in [0.2, 0.25) is 5.02 Å². The van der Waals surface area contributed by atoms with E-state index in [1.54, 1.807) is 6.92 Å². The standard InChI is InChI=1S/C14H18ClNO2/c1-10(16)13(17)18-14(7-2-8-14)9-11-3-5-12(15)6-4-11/h3-6,10H,2,7-9,16H2,1H3. The fourth-order valence-corrected chi connectivity index (χ4v) is 2.29. The number of carbonyl (C=O) groups is 1. The maximum Gasteiger partial charge on any atom is 0.323 e. The Morgan fingerprint density at radius 2 is 2.06 bits per heavy atom. The van der Waals surface area contributed by atoms with Crippen molar-refractivity contribution >= 4 is 17.6 Å². The first-order valence-electron chi connectivity index (χ1n) is 6.24. The molecule has 98 valence electrons. The minimum absolute atomic E-state index is 0.316. The lowest BCUT2D eigenvalue weighted by atomic mass is 9.75. The van der Waals surface area contributed by atoms with Crippen molar-refractivity contribution in [2.24, 2.45) is 5.73 Å². The summed E-state index contributed by atoms with van der Waals surface area (Å²) < 4.78 is 5.57. The first-order valence-corrected chi connectivity index (χ1v) is 6.61. The van der Waals surface area contributed by atoms with E-state index in [-0.39, 0.29) is 11.6 Å². The molecule has 0 aromatic heterocycles. The molecule has 1 atom stereocenters. The topological polar surface area (TPSA) is 52.3 Å². The second kappa shape index (κ2) is 5.29. The van der Waals surface area contributed by atoms with E-state index in [2.05, 4.69) is 0 Å². The zero-order chi connectivity index (χ0) is 13.2. The van der Waals surface area contributed by atoms with Gasteiger partial charge in [0.05, 0.1) is 0 Å². The lowest BCUT2D eigenvalue weighted by Crippen LogP contribution is -2.47. The van der Waals surface area contributed by atoms with Gasteiger partial charge >= 0.3 is 5.97 Å². The number of benzene rings is 1. The smallest absolute Gasteiger partial charge is 0.323 e. The largest absolute Gasteiger partial charge is 0.458 e. The fraction of sp³-hybridized carbons (Fsp3) is 0.500. The molecule has 1 aromatic carbocycles. The van der Waals surface area contributed by atoms with E-state index < -0.39 is 6.04 Å². The number of ether oxygens (including phenoxy) is 1. The maximum absolute atomic E-state index is 11.6. The summed E-state index contributed by atoms with van der Waals surface area (Å²) in [6, 6.07) is 7.10. The average Bonchev–Trinajstić information content (AvgIpc) is 2.28. The van der Waals surface area contributed by atoms with Crippen LogP contribution in [0.3, 0.4) is 0 Å². The van der Waals surface area contributed by atoms with Gasteiger partial charge < -0.3 is 10.5 Å². The number of carbonyl (C=O) groups excluding carboxylic acids is 1. The van der Waals surface area contributed by atoms with Crippen LogP contribution in [0.4, 0.5) is 0 Å². The quantitative estimate of drug-likeness (QED) is 0.854. The lowest BCUT2D eigenvalue weighted by Gasteiger charge is -2.41. The Balaban J connectivity index is 2.04. The van der Waals surface area contributed by atoms with E-state index in [0.717, 1.165) is 31.2 Å². The number of hydrogen-bond acceptors (Lipinski definition) is 3. The van der Waals surface area contributed by atoms with Gasteiger partial charge in [0, 0.05) is 11.4 Å². The predicted octanol–water partition coefficient (Wildman–Crippen LogP) is 2.70. The fourth-order valence-electron chi connectivity index (χ4n) is 2.17. The van der Waals surface area contributed by atoms with E-state index in [4.69, 9.17) is 22.1 Å². The summed E-state index contributed by atoms with van der Waals surface area (Å²) >= 11 is 5.85. The number of esters is 1. The Hall–Kier alpha value is -1.06. The minimum Gasteiger partial charge on any atom is -0.458 e. The van der Waals surface area contributed by atoms with Crippen molar-refractivity contribution in [1.82, 2.24) is 0 Å². The zero-order valence-electron chi connectivity index (χ0n) is 10.5. The van der Waals surface area contributed by atoms with Gasteiger partial charge in [0.25, 0.3) is 0 Å². The summed E-state index contributed by atoms with van der Waals surface area (Å²) in [6.07, 6.45) is 3.66. The summed E-state index contributed by atoms with van der Waals surface area (Å²) in [5.74, 6) is -0.316. The molecular weight excluding hydrogens is 250 g/mol. The molecule has 1 aliphatic rings. The second-order valence-electron chi connectivity index (χ2n) is 5.05. The third kappa shape index (κ3) is 3.03. The van der Waals surface area contributed by atoms with Crippen molar-refractivity contribution in [2.75, 3.05) is 0 Å². The first-order chi connectivity index (χ1) is 8.51. The summed E-state index contributed by atoms with van der Waals surface area (Å²) in [7, 11) is 0. The molecule has 2 rings (SSSR count). The van der Waals surface area contributed by atoms with Gasteiger partial charge in [0.15, 0.2) is 0 Å². The van der Waals surface area contributed by atoms with Crippen molar-refractivity contribution < 1.29 is 9.53 Å². The number of rotatable bonds is 4. The van der Waals surface area contributed by atoms with Gasteiger partial charge in [-0.15, -0.1) is 0 Å². The van der Waals surface area contributed by atoms with Crippen LogP contribution < -0.4 is 5.73 Å². The molecule has 0 heterocycles. The Bertz CT molecular complexity index is 424. The van der Waals surface area contributed by atoms with Crippen molar-refractivity contribution in [2.45, 2.75) is 44.2 Å². The highest BCUT2D eigenvalue weighted by molar-refractivity contribution is 6.30. The van der Waals surface area contributed by atoms with Crippen molar-refractivity contribution in [3.63, 3.8) is 0 Å². The highest BCUT2D eigenvalue weighted by Gasteiger charge is 2.41. The van der Waals surface area contributed by atoms with Crippen LogP contribution in [0, 0.1) is 0 Å². The van der Waals surface area contributed by atoms with E-state index in [9.17, 15) is 4.79 Å². The van der Waals surface area contributed by atoms with Gasteiger partial charge in [-0.2, -0.15) is 0 Å². The van der Waals surface area contributed by atoms with Crippen LogP contribution in [0.25, 0.3) is 0 Å². The summed E-state index contributed by atoms with van der Waals surface area (Å²) in [5, 5.41) is 0.717. The SMILES string of the molecule is CC(N)C(=O)OC1(Cc2ccc(Cl)cc2)CCC1. The van der Waals surface area contributed by atoms with Gasteiger partial charge in [-0.25, -0.2) is 0 Å². The average molecular weight is 268 g/mol. The van der Waals surface area contributed by atoms with Crippen LogP contribution in [-0.2, 0) is 16.0 Å². The van der Waals surface area contributed by atoms with E-state index in [1.165, 1.54) is 0 Å². The van der Waals surface area contributed by atoms with E-state index in [0.29, 0.717) is 5.02 Å². The molecule has 1 unspecified atom stereocenters. The van der Waals surface area contributed by atoms with Crippen LogP contribution in [0.5, 0.6) is 0 Å². The molecule has 2 N–H and O–H groups in total. The lowest BCUT2D eigenvalue weighted by molar-refractivity contribution is -0.170. The van der Waals surface area contributed by atoms with Gasteiger partial charge in [-0.3, -0.25) is 4.79 Å². The van der Waals surface area contributed by atoms with Crippen LogP contribution >= 0.6 is 11.6 Å². The molecule has 4 heteroatoms. The van der Waals surface area contributed by atoms with Crippen LogP contribution in [-0.4, -0.2) is 17.6 Å². The van der Waals surface area contributed by atoms with Gasteiger partial charge in [0.1, 0.15) is 11.6 Å². The monoisotopic (exact) mass is 267 g/mol. The Morgan fingerprint density at radius 1 is 1.44 bits per heavy atom. The van der Waals surface area contributed by atoms with Crippen molar-refractivity contribution in [3.05, 3.63) is 34.9 Å². The van der Waals surface area contributed by atoms with Gasteiger partial charge in [0.2, 0.25) is 0 Å². The second-order valence-corrected chi connectivity index (χ2v) is 5.49. The van der Waals surface area contributed by atoms with Crippen molar-refractivity contribution in [3.8, 4) is 0 Å². The molecule has 0 amide bonds. The molecular formula is C14H18ClNO2. The Labute approximate surface area is 112 Å². The molecule has 0 aliphatic heterocycles. The van der Waals surface area contributed by atoms with Crippen molar-refractivity contribution in [1.29, 1.82) is 0 Å². The maximum atomic E-state index is 11.6. The zero-order valence-corrected chi connectivity index (χ0v) is 11.2. The molecule has 1 aromatic rings. The van der Waals surface area contributed by atoms with Crippen LogP contribution in [0.1, 0.15) is 31.7 Å². The summed E-state index contributed by atoms with van der Waals surface area (Å²) in [4.78, 5) is 11.6. The van der Waals surface area contributed by atoms with Gasteiger partial charge in [-0.1, -0.05) is 23.7 Å². The molecule has 0 bridgehead atoms. The normalized spacial score (nSPS) is 18.8. The first kappa shape index (κ1) is 13.4. The molecule has 18 heavy (non-hydrogen) atoms. The molecule has 0 radical (unpaired) electrons. The number of nitrogens with two attached hydrogens (primary N) is 1. The predicted molar refractivity (Wildman–Crippen MR) is 71.5 cm³/mol. The van der Waals surface area contributed by atoms with E-state index >= 15 is 0 Å². The van der Waals surface area contributed by atoms with Crippen LogP contribution in [0.15, 0.2) is 24.3 Å². The molecule has 1 fully saturated rings. The third-order valence-electron chi connectivity index (χ3n) is 3.39.